The monoisotopic (exact) mass is 674 g/mol. The molecular formula is C22H35N8NaO13S. The number of aliphatic hydroxyl groups excluding tert-OH is 1. The fourth-order valence-electron chi connectivity index (χ4n) is 4.53. The molecule has 0 radical (unpaired) electrons. The second-order valence-corrected chi connectivity index (χ2v) is 11.0. The van der Waals surface area contributed by atoms with Crippen molar-refractivity contribution in [2.45, 2.75) is 90.6 Å². The maximum absolute atomic E-state index is 11.4. The van der Waals surface area contributed by atoms with E-state index >= 15 is 0 Å². The van der Waals surface area contributed by atoms with Crippen molar-refractivity contribution in [3.8, 4) is 0 Å². The van der Waals surface area contributed by atoms with Gasteiger partial charge < -0.3 is 45.7 Å². The third kappa shape index (κ3) is 13.6. The third-order valence-electron chi connectivity index (χ3n) is 6.38. The van der Waals surface area contributed by atoms with E-state index in [1.807, 2.05) is 0 Å². The van der Waals surface area contributed by atoms with Gasteiger partial charge in [0.1, 0.15) is 12.2 Å². The van der Waals surface area contributed by atoms with Crippen molar-refractivity contribution in [3.63, 3.8) is 0 Å². The van der Waals surface area contributed by atoms with Crippen LogP contribution in [0, 0.1) is 11.8 Å². The molecule has 0 aromatic rings. The zero-order valence-electron chi connectivity index (χ0n) is 25.6. The molecule has 0 saturated carbocycles. The topological polar surface area (TPSA) is 310 Å². The van der Waals surface area contributed by atoms with Crippen LogP contribution in [-0.4, -0.2) is 99.5 Å². The van der Waals surface area contributed by atoms with E-state index in [-0.39, 0.29) is 54.5 Å². The summed E-state index contributed by atoms with van der Waals surface area (Å²) >= 11 is 0. The van der Waals surface area contributed by atoms with E-state index in [1.165, 1.54) is 32.6 Å². The van der Waals surface area contributed by atoms with Crippen molar-refractivity contribution in [3.05, 3.63) is 26.4 Å². The first-order valence-electron chi connectivity index (χ1n) is 12.9. The second-order valence-electron chi connectivity index (χ2n) is 9.72. The van der Waals surface area contributed by atoms with Crippen LogP contribution in [0.15, 0.2) is 5.11 Å². The number of carbonyl (C=O) groups excluding carboxylic acids is 4. The van der Waals surface area contributed by atoms with Crippen LogP contribution >= 0.6 is 0 Å². The molecule has 23 heteroatoms. The first kappa shape index (κ1) is 42.2. The number of nitrogens with one attached hydrogen (secondary N) is 2. The van der Waals surface area contributed by atoms with Crippen molar-refractivity contribution >= 4 is 34.2 Å². The Morgan fingerprint density at radius 3 is 1.82 bits per heavy atom. The third-order valence-corrected chi connectivity index (χ3v) is 7.26. The smallest absolute Gasteiger partial charge is 0.434 e. The molecule has 3 fully saturated rings. The molecule has 248 valence electrons. The fraction of sp³-hybridized carbons (Fsp3) is 0.818. The van der Waals surface area contributed by atoms with Crippen LogP contribution < -0.4 is 40.2 Å². The maximum Gasteiger partial charge on any atom is 1.00 e. The van der Waals surface area contributed by atoms with Gasteiger partial charge in [0.05, 0.1) is 37.4 Å². The largest absolute Gasteiger partial charge is 1.00 e. The van der Waals surface area contributed by atoms with E-state index in [0.717, 1.165) is 0 Å². The summed E-state index contributed by atoms with van der Waals surface area (Å²) in [7, 11) is -4.08. The van der Waals surface area contributed by atoms with Gasteiger partial charge in [-0.2, -0.15) is 8.42 Å². The Labute approximate surface area is 280 Å². The Morgan fingerprint density at radius 2 is 1.38 bits per heavy atom. The van der Waals surface area contributed by atoms with Crippen LogP contribution in [0.25, 0.3) is 26.4 Å². The Kier molecular flexibility index (Phi) is 18.5. The molecule has 3 saturated heterocycles. The second kappa shape index (κ2) is 19.7. The number of ether oxygens (including phenoxy) is 4. The van der Waals surface area contributed by atoms with E-state index in [1.54, 1.807) is 13.8 Å². The zero-order chi connectivity index (χ0) is 33.8. The maximum atomic E-state index is 11.4. The first-order valence-corrected chi connectivity index (χ1v) is 14.3. The average Bonchev–Trinajstić information content (AvgIpc) is 2.90. The molecule has 2 amide bonds. The molecule has 3 heterocycles. The Bertz CT molecular complexity index is 1230. The van der Waals surface area contributed by atoms with Gasteiger partial charge in [-0.15, -0.1) is 0 Å². The molecule has 3 rings (SSSR count). The molecular weight excluding hydrogens is 639 g/mol. The summed E-state index contributed by atoms with van der Waals surface area (Å²) < 4.78 is 53.2. The number of carbonyl (C=O) groups is 4. The Hall–Kier alpha value is -2.75. The SMILES string of the molecule is CC(=O)NC1C(OC(C)=O)OC(CN=[N+]=[N-])C(O)C1C.CC(=O)NC1C(OC(C)=O)OC2COS(=O)(=O)OC2C1C.[N-]=[N+]=[N-].[Na+]. The summed E-state index contributed by atoms with van der Waals surface area (Å²) in [6.45, 7) is 8.08. The van der Waals surface area contributed by atoms with Crippen LogP contribution in [0.1, 0.15) is 41.5 Å². The van der Waals surface area contributed by atoms with Gasteiger partial charge in [0.2, 0.25) is 24.4 Å². The zero-order valence-corrected chi connectivity index (χ0v) is 28.4. The molecule has 45 heavy (non-hydrogen) atoms. The van der Waals surface area contributed by atoms with Gasteiger partial charge in [-0.25, -0.2) is 8.37 Å². The summed E-state index contributed by atoms with van der Waals surface area (Å²) in [4.78, 5) is 48.8. The van der Waals surface area contributed by atoms with Gasteiger partial charge in [-0.3, -0.25) is 24.1 Å². The summed E-state index contributed by atoms with van der Waals surface area (Å²) in [5.41, 5.74) is 21.8. The minimum absolute atomic E-state index is 0. The fourth-order valence-corrected chi connectivity index (χ4v) is 5.45. The van der Waals surface area contributed by atoms with Crippen LogP contribution in [-0.2, 0) is 56.9 Å². The van der Waals surface area contributed by atoms with Gasteiger partial charge in [0.15, 0.2) is 0 Å². The Morgan fingerprint density at radius 1 is 0.911 bits per heavy atom. The summed E-state index contributed by atoms with van der Waals surface area (Å²) in [5, 5.41) is 18.6. The van der Waals surface area contributed by atoms with E-state index in [0.29, 0.717) is 0 Å². The van der Waals surface area contributed by atoms with Crippen LogP contribution in [0.3, 0.4) is 0 Å². The number of aliphatic hydroxyl groups is 1. The molecule has 0 aromatic carbocycles. The number of nitrogens with zero attached hydrogens (tertiary/aromatic N) is 6. The average molecular weight is 675 g/mol. The molecule has 0 bridgehead atoms. The molecule has 3 aliphatic heterocycles. The number of esters is 2. The van der Waals surface area contributed by atoms with Crippen LogP contribution in [0.5, 0.6) is 0 Å². The number of rotatable bonds is 6. The van der Waals surface area contributed by atoms with Crippen molar-refractivity contribution in [2.75, 3.05) is 13.2 Å². The summed E-state index contributed by atoms with van der Waals surface area (Å²) in [6, 6.07) is -1.39. The van der Waals surface area contributed by atoms with Gasteiger partial charge in [-0.1, -0.05) is 19.0 Å². The quantitative estimate of drug-likeness (QED) is 0.0834. The van der Waals surface area contributed by atoms with E-state index in [9.17, 15) is 32.7 Å². The van der Waals surface area contributed by atoms with E-state index in [2.05, 4.69) is 24.8 Å². The number of hydrogen-bond acceptors (Lipinski definition) is 14. The van der Waals surface area contributed by atoms with Crippen molar-refractivity contribution in [1.29, 1.82) is 0 Å². The number of fused-ring (bicyclic) bond motifs is 1. The molecule has 0 aliphatic carbocycles. The molecule has 10 atom stereocenters. The van der Waals surface area contributed by atoms with E-state index in [4.69, 9.17) is 39.7 Å². The standard InChI is InChI=1S/C11H18N4O5.C11H17NO8S.N3.Na/c1-5-9(14-6(2)16)11(19-7(3)17)20-8(10(5)18)4-13-15-12;1-5-9(12-6(2)13)11(18-7(3)14)19-8-4-17-21(15,16)20-10(5)8;1-3-2;/h5,8-11,18H,4H2,1-3H3,(H,14,16);5,8-11H,4H2,1-3H3,(H,12,13);;/q;;-1;+1. The molecule has 10 unspecified atom stereocenters. The van der Waals surface area contributed by atoms with Gasteiger partial charge in [-0.05, 0) is 5.53 Å². The first-order chi connectivity index (χ1) is 20.5. The molecule has 0 aromatic heterocycles. The van der Waals surface area contributed by atoms with Crippen LogP contribution in [0.2, 0.25) is 0 Å². The predicted molar refractivity (Wildman–Crippen MR) is 144 cm³/mol. The normalized spacial score (nSPS) is 32.6. The van der Waals surface area contributed by atoms with Gasteiger partial charge in [0.25, 0.3) is 0 Å². The molecule has 3 aliphatic rings. The Balaban J connectivity index is 0.000000776. The number of hydrogen-bond donors (Lipinski definition) is 3. The van der Waals surface area contributed by atoms with Gasteiger partial charge in [0, 0.05) is 44.4 Å². The van der Waals surface area contributed by atoms with Crippen molar-refractivity contribution in [1.82, 2.24) is 10.6 Å². The van der Waals surface area contributed by atoms with Crippen molar-refractivity contribution < 1.29 is 89.6 Å². The van der Waals surface area contributed by atoms with E-state index < -0.39 is 83.3 Å². The minimum Gasteiger partial charge on any atom is -0.434 e. The predicted octanol–water partition coefficient (Wildman–Crippen LogP) is -2.97. The molecule has 21 nitrogen and oxygen atoms in total. The molecule has 3 N–H and O–H groups in total. The number of amides is 2. The van der Waals surface area contributed by atoms with Gasteiger partial charge >= 0.3 is 51.9 Å². The minimum atomic E-state index is -4.08. The number of azide groups is 1. The van der Waals surface area contributed by atoms with Crippen molar-refractivity contribution in [2.24, 2.45) is 17.0 Å². The summed E-state index contributed by atoms with van der Waals surface area (Å²) in [6.07, 6.45) is -5.35. The van der Waals surface area contributed by atoms with Crippen LogP contribution in [0.4, 0.5) is 0 Å². The molecule has 0 spiro atoms. The summed E-state index contributed by atoms with van der Waals surface area (Å²) in [5.74, 6) is -2.74.